The average molecular weight is 367 g/mol. The molecule has 0 amide bonds. The van der Waals surface area contributed by atoms with E-state index in [4.69, 9.17) is 9.47 Å². The molecule has 2 aromatic heterocycles. The quantitative estimate of drug-likeness (QED) is 0.741. The van der Waals surface area contributed by atoms with Crippen molar-refractivity contribution < 1.29 is 14.6 Å². The molecule has 1 N–H and O–H groups in total. The minimum atomic E-state index is -0.736. The lowest BCUT2D eigenvalue weighted by molar-refractivity contribution is 0.180. The first-order chi connectivity index (χ1) is 13.1. The summed E-state index contributed by atoms with van der Waals surface area (Å²) in [6.07, 6.45) is 2.69. The van der Waals surface area contributed by atoms with Crippen LogP contribution in [0.1, 0.15) is 24.3 Å². The van der Waals surface area contributed by atoms with E-state index in [9.17, 15) is 5.11 Å². The third-order valence-corrected chi connectivity index (χ3v) is 4.72. The Morgan fingerprint density at radius 2 is 2.00 bits per heavy atom. The molecule has 4 rings (SSSR count). The molecule has 27 heavy (non-hydrogen) atoms. The van der Waals surface area contributed by atoms with Gasteiger partial charge in [0.25, 0.3) is 5.88 Å². The number of aryl methyl sites for hydroxylation is 1. The van der Waals surface area contributed by atoms with E-state index in [-0.39, 0.29) is 0 Å². The molecule has 1 atom stereocenters. The first kappa shape index (κ1) is 17.3. The number of methoxy groups -OCH3 is 2. The van der Waals surface area contributed by atoms with Crippen molar-refractivity contribution in [2.75, 3.05) is 19.1 Å². The highest BCUT2D eigenvalue weighted by molar-refractivity contribution is 5.68. The number of anilines is 1. The van der Waals surface area contributed by atoms with E-state index >= 15 is 0 Å². The third kappa shape index (κ3) is 2.97. The first-order valence-corrected chi connectivity index (χ1v) is 8.70. The van der Waals surface area contributed by atoms with Crippen LogP contribution in [-0.2, 0) is 13.1 Å². The fraction of sp³-hybridized carbons (Fsp3) is 0.316. The van der Waals surface area contributed by atoms with Crippen LogP contribution >= 0.6 is 0 Å². The summed E-state index contributed by atoms with van der Waals surface area (Å²) in [7, 11) is 3.15. The maximum absolute atomic E-state index is 10.7. The number of aromatic nitrogens is 4. The third-order valence-electron chi connectivity index (χ3n) is 4.72. The van der Waals surface area contributed by atoms with Crippen molar-refractivity contribution in [3.05, 3.63) is 47.8 Å². The monoisotopic (exact) mass is 367 g/mol. The molecule has 1 aliphatic heterocycles. The van der Waals surface area contributed by atoms with Crippen LogP contribution in [0.25, 0.3) is 11.1 Å². The molecule has 0 radical (unpaired) electrons. The molecule has 0 aliphatic carbocycles. The number of aliphatic hydroxyl groups excluding tert-OH is 1. The van der Waals surface area contributed by atoms with Gasteiger partial charge in [0.2, 0.25) is 0 Å². The van der Waals surface area contributed by atoms with Crippen molar-refractivity contribution in [1.29, 1.82) is 0 Å². The molecule has 0 saturated heterocycles. The van der Waals surface area contributed by atoms with Gasteiger partial charge < -0.3 is 19.5 Å². The van der Waals surface area contributed by atoms with E-state index in [2.05, 4.69) is 21.2 Å². The fourth-order valence-corrected chi connectivity index (χ4v) is 3.28. The van der Waals surface area contributed by atoms with Crippen molar-refractivity contribution in [2.24, 2.45) is 0 Å². The standard InChI is InChI=1S/C19H21N5O3/c1-4-24-21-10-17(22-24)23-11-14-7-12(5-6-15(14)19(23)25)13-8-16(26-2)18(27-3)20-9-13/h5-10,19,25H,4,11H2,1-3H3. The zero-order chi connectivity index (χ0) is 19.0. The number of rotatable bonds is 5. The van der Waals surface area contributed by atoms with Crippen molar-refractivity contribution in [2.45, 2.75) is 26.2 Å². The molecular formula is C19H21N5O3. The molecule has 0 saturated carbocycles. The largest absolute Gasteiger partial charge is 0.491 e. The lowest BCUT2D eigenvalue weighted by Crippen LogP contribution is -2.21. The molecule has 140 valence electrons. The number of fused-ring (bicyclic) bond motifs is 1. The number of aliphatic hydroxyl groups is 1. The van der Waals surface area contributed by atoms with Crippen molar-refractivity contribution in [1.82, 2.24) is 20.0 Å². The number of hydrogen-bond acceptors (Lipinski definition) is 7. The fourth-order valence-electron chi connectivity index (χ4n) is 3.28. The molecule has 0 spiro atoms. The summed E-state index contributed by atoms with van der Waals surface area (Å²) in [5, 5.41) is 19.3. The van der Waals surface area contributed by atoms with Gasteiger partial charge in [-0.3, -0.25) is 0 Å². The molecular weight excluding hydrogens is 346 g/mol. The summed E-state index contributed by atoms with van der Waals surface area (Å²) in [4.78, 5) is 7.74. The van der Waals surface area contributed by atoms with Gasteiger partial charge in [0, 0.05) is 23.9 Å². The van der Waals surface area contributed by atoms with Gasteiger partial charge in [-0.15, -0.1) is 5.10 Å². The lowest BCUT2D eigenvalue weighted by atomic mass is 10.0. The van der Waals surface area contributed by atoms with E-state index in [1.54, 1.807) is 31.4 Å². The Morgan fingerprint density at radius 3 is 2.70 bits per heavy atom. The van der Waals surface area contributed by atoms with E-state index in [0.717, 1.165) is 22.3 Å². The summed E-state index contributed by atoms with van der Waals surface area (Å²) in [6, 6.07) is 7.86. The molecule has 1 aromatic carbocycles. The van der Waals surface area contributed by atoms with Gasteiger partial charge in [0.1, 0.15) is 0 Å². The Balaban J connectivity index is 1.65. The molecule has 8 heteroatoms. The number of hydrogen-bond donors (Lipinski definition) is 1. The Labute approximate surface area is 157 Å². The molecule has 3 aromatic rings. The highest BCUT2D eigenvalue weighted by atomic mass is 16.5. The first-order valence-electron chi connectivity index (χ1n) is 8.70. The number of ether oxygens (including phenoxy) is 2. The second-order valence-electron chi connectivity index (χ2n) is 6.24. The van der Waals surface area contributed by atoms with E-state index in [1.165, 1.54) is 0 Å². The summed E-state index contributed by atoms with van der Waals surface area (Å²) >= 11 is 0. The van der Waals surface area contributed by atoms with Gasteiger partial charge in [-0.1, -0.05) is 12.1 Å². The van der Waals surface area contributed by atoms with Crippen LogP contribution in [-0.4, -0.2) is 39.3 Å². The summed E-state index contributed by atoms with van der Waals surface area (Å²) in [5.41, 5.74) is 3.83. The minimum Gasteiger partial charge on any atom is -0.491 e. The van der Waals surface area contributed by atoms with Crippen LogP contribution in [0.2, 0.25) is 0 Å². The minimum absolute atomic E-state index is 0.447. The zero-order valence-electron chi connectivity index (χ0n) is 15.5. The Kier molecular flexibility index (Phi) is 4.41. The van der Waals surface area contributed by atoms with Gasteiger partial charge in [-0.2, -0.15) is 9.90 Å². The Hall–Kier alpha value is -3.13. The van der Waals surface area contributed by atoms with Crippen LogP contribution in [0.4, 0.5) is 5.82 Å². The van der Waals surface area contributed by atoms with E-state index in [0.29, 0.717) is 30.5 Å². The number of pyridine rings is 1. The number of benzene rings is 1. The van der Waals surface area contributed by atoms with Crippen molar-refractivity contribution in [3.63, 3.8) is 0 Å². The Bertz CT molecular complexity index is 972. The second kappa shape index (κ2) is 6.88. The average Bonchev–Trinajstić information content (AvgIpc) is 3.31. The van der Waals surface area contributed by atoms with Crippen molar-refractivity contribution >= 4 is 5.82 Å². The molecule has 0 bridgehead atoms. The van der Waals surface area contributed by atoms with Gasteiger partial charge in [-0.05, 0) is 30.2 Å². The van der Waals surface area contributed by atoms with Gasteiger partial charge in [0.15, 0.2) is 17.8 Å². The molecule has 1 aliphatic rings. The maximum Gasteiger partial charge on any atom is 0.256 e. The predicted molar refractivity (Wildman–Crippen MR) is 99.6 cm³/mol. The van der Waals surface area contributed by atoms with Crippen LogP contribution in [0.5, 0.6) is 11.6 Å². The smallest absolute Gasteiger partial charge is 0.256 e. The molecule has 3 heterocycles. The van der Waals surface area contributed by atoms with Gasteiger partial charge in [-0.25, -0.2) is 4.98 Å². The maximum atomic E-state index is 10.7. The zero-order valence-corrected chi connectivity index (χ0v) is 15.5. The van der Waals surface area contributed by atoms with Crippen LogP contribution in [0, 0.1) is 0 Å². The molecule has 1 unspecified atom stereocenters. The summed E-state index contributed by atoms with van der Waals surface area (Å²) in [6.45, 7) is 3.23. The molecule has 0 fully saturated rings. The van der Waals surface area contributed by atoms with Gasteiger partial charge in [0.05, 0.1) is 27.0 Å². The number of nitrogens with zero attached hydrogens (tertiary/aromatic N) is 5. The topological polar surface area (TPSA) is 85.5 Å². The van der Waals surface area contributed by atoms with Crippen LogP contribution in [0.15, 0.2) is 36.7 Å². The van der Waals surface area contributed by atoms with E-state index < -0.39 is 6.23 Å². The normalized spacial score (nSPS) is 15.7. The van der Waals surface area contributed by atoms with E-state index in [1.807, 2.05) is 30.0 Å². The Morgan fingerprint density at radius 1 is 1.15 bits per heavy atom. The highest BCUT2D eigenvalue weighted by Crippen LogP contribution is 2.38. The van der Waals surface area contributed by atoms with Crippen LogP contribution in [0.3, 0.4) is 0 Å². The highest BCUT2D eigenvalue weighted by Gasteiger charge is 2.30. The summed E-state index contributed by atoms with van der Waals surface area (Å²) < 4.78 is 10.5. The summed E-state index contributed by atoms with van der Waals surface area (Å²) in [5.74, 6) is 1.69. The van der Waals surface area contributed by atoms with Crippen molar-refractivity contribution in [3.8, 4) is 22.8 Å². The van der Waals surface area contributed by atoms with Crippen LogP contribution < -0.4 is 14.4 Å². The predicted octanol–water partition coefficient (Wildman–Crippen LogP) is 2.39. The van der Waals surface area contributed by atoms with Gasteiger partial charge >= 0.3 is 0 Å². The molecule has 8 nitrogen and oxygen atoms in total. The second-order valence-corrected chi connectivity index (χ2v) is 6.24. The lowest BCUT2D eigenvalue weighted by Gasteiger charge is -2.19. The SMILES string of the molecule is CCn1ncc(N2Cc3cc(-c4cnc(OC)c(OC)c4)ccc3C2O)n1.